The molecule has 0 unspecified atom stereocenters. The summed E-state index contributed by atoms with van der Waals surface area (Å²) in [6, 6.07) is 16.3. The van der Waals surface area contributed by atoms with Gasteiger partial charge in [0.05, 0.1) is 11.3 Å². The van der Waals surface area contributed by atoms with Crippen LogP contribution in [-0.2, 0) is 11.2 Å². The Bertz CT molecular complexity index is 967. The summed E-state index contributed by atoms with van der Waals surface area (Å²) in [5.74, 6) is 0.342. The molecule has 0 saturated heterocycles. The van der Waals surface area contributed by atoms with E-state index in [-0.39, 0.29) is 18.2 Å². The van der Waals surface area contributed by atoms with Gasteiger partial charge in [0.1, 0.15) is 0 Å². The fraction of sp³-hybridized carbons (Fsp3) is 0.143. The van der Waals surface area contributed by atoms with Gasteiger partial charge >= 0.3 is 0 Å². The number of hydrogen-bond donors (Lipinski definition) is 2. The van der Waals surface area contributed by atoms with Crippen molar-refractivity contribution >= 4 is 17.5 Å². The fourth-order valence-corrected chi connectivity index (χ4v) is 2.54. The number of hydrogen-bond acceptors (Lipinski definition) is 5. The molecule has 0 aliphatic rings. The van der Waals surface area contributed by atoms with Crippen LogP contribution in [0.5, 0.6) is 0 Å². The normalized spacial score (nSPS) is 10.3. The number of para-hydroxylation sites is 1. The lowest BCUT2D eigenvalue weighted by Gasteiger charge is -2.10. The van der Waals surface area contributed by atoms with Gasteiger partial charge in [0, 0.05) is 24.9 Å². The minimum atomic E-state index is -0.278. The monoisotopic (exact) mass is 376 g/mol. The molecule has 0 radical (unpaired) electrons. The highest BCUT2D eigenvalue weighted by atomic mass is 16.5. The molecule has 7 nitrogen and oxygen atoms in total. The van der Waals surface area contributed by atoms with E-state index < -0.39 is 0 Å². The summed E-state index contributed by atoms with van der Waals surface area (Å²) in [6.45, 7) is 3.92. The highest BCUT2D eigenvalue weighted by Crippen LogP contribution is 2.17. The van der Waals surface area contributed by atoms with Gasteiger partial charge in [-0.2, -0.15) is 4.98 Å². The Morgan fingerprint density at radius 2 is 1.82 bits per heavy atom. The van der Waals surface area contributed by atoms with E-state index in [0.717, 1.165) is 5.56 Å². The maximum Gasteiger partial charge on any atom is 0.253 e. The average molecular weight is 376 g/mol. The van der Waals surface area contributed by atoms with Crippen LogP contribution in [0.3, 0.4) is 0 Å². The molecular formula is C21H20N4O3. The summed E-state index contributed by atoms with van der Waals surface area (Å²) < 4.78 is 5.21. The molecule has 3 aromatic rings. The lowest BCUT2D eigenvalue weighted by atomic mass is 10.1. The predicted molar refractivity (Wildman–Crippen MR) is 106 cm³/mol. The zero-order valence-electron chi connectivity index (χ0n) is 15.2. The number of amides is 2. The maximum atomic E-state index is 12.3. The van der Waals surface area contributed by atoms with Gasteiger partial charge in [-0.15, -0.1) is 6.58 Å². The van der Waals surface area contributed by atoms with Crippen LogP contribution in [0.2, 0.25) is 0 Å². The topological polar surface area (TPSA) is 97.1 Å². The van der Waals surface area contributed by atoms with E-state index in [1.807, 2.05) is 30.3 Å². The molecule has 0 aliphatic heterocycles. The molecule has 7 heteroatoms. The molecule has 0 aliphatic carbocycles. The number of rotatable bonds is 8. The molecular weight excluding hydrogens is 356 g/mol. The van der Waals surface area contributed by atoms with E-state index in [1.165, 1.54) is 0 Å². The highest BCUT2D eigenvalue weighted by Gasteiger charge is 2.14. The van der Waals surface area contributed by atoms with Gasteiger partial charge in [0.25, 0.3) is 5.91 Å². The Morgan fingerprint density at radius 3 is 2.61 bits per heavy atom. The summed E-state index contributed by atoms with van der Waals surface area (Å²) in [5, 5.41) is 9.39. The Balaban J connectivity index is 1.59. The van der Waals surface area contributed by atoms with Crippen molar-refractivity contribution in [3.8, 4) is 11.4 Å². The zero-order valence-corrected chi connectivity index (χ0v) is 15.2. The van der Waals surface area contributed by atoms with Crippen LogP contribution in [0.25, 0.3) is 11.4 Å². The van der Waals surface area contributed by atoms with E-state index in [2.05, 4.69) is 27.4 Å². The standard InChI is InChI=1S/C21H20N4O3/c1-2-14-22-21(27)16-10-6-7-11-17(16)23-18(26)12-13-19-24-20(25-28-19)15-8-4-3-5-9-15/h2-11H,1,12-14H2,(H,22,27)(H,23,26). The van der Waals surface area contributed by atoms with Crippen molar-refractivity contribution < 1.29 is 14.1 Å². The van der Waals surface area contributed by atoms with Crippen molar-refractivity contribution in [2.24, 2.45) is 0 Å². The molecule has 0 bridgehead atoms. The van der Waals surface area contributed by atoms with Gasteiger partial charge in [-0.1, -0.05) is 53.7 Å². The maximum absolute atomic E-state index is 12.3. The summed E-state index contributed by atoms with van der Waals surface area (Å²) in [5.41, 5.74) is 1.69. The largest absolute Gasteiger partial charge is 0.349 e. The van der Waals surface area contributed by atoms with Gasteiger partial charge in [-0.05, 0) is 12.1 Å². The molecule has 0 fully saturated rings. The van der Waals surface area contributed by atoms with Crippen molar-refractivity contribution in [3.05, 3.63) is 78.7 Å². The van der Waals surface area contributed by atoms with Gasteiger partial charge in [-0.3, -0.25) is 9.59 Å². The molecule has 2 amide bonds. The smallest absolute Gasteiger partial charge is 0.253 e. The summed E-state index contributed by atoms with van der Waals surface area (Å²) in [4.78, 5) is 28.8. The van der Waals surface area contributed by atoms with E-state index in [9.17, 15) is 9.59 Å². The number of carbonyl (C=O) groups excluding carboxylic acids is 2. The molecule has 28 heavy (non-hydrogen) atoms. The first-order valence-corrected chi connectivity index (χ1v) is 8.83. The first-order chi connectivity index (χ1) is 13.7. The van der Waals surface area contributed by atoms with Crippen molar-refractivity contribution in [1.29, 1.82) is 0 Å². The van der Waals surface area contributed by atoms with E-state index in [1.54, 1.807) is 30.3 Å². The van der Waals surface area contributed by atoms with Crippen LogP contribution in [0.15, 0.2) is 71.8 Å². The number of carbonyl (C=O) groups is 2. The third kappa shape index (κ3) is 4.91. The number of aromatic nitrogens is 2. The summed E-state index contributed by atoms with van der Waals surface area (Å²) in [7, 11) is 0. The summed E-state index contributed by atoms with van der Waals surface area (Å²) in [6.07, 6.45) is 2.04. The lowest BCUT2D eigenvalue weighted by Crippen LogP contribution is -2.25. The van der Waals surface area contributed by atoms with Crippen LogP contribution >= 0.6 is 0 Å². The van der Waals surface area contributed by atoms with Crippen LogP contribution in [0.1, 0.15) is 22.7 Å². The second-order valence-corrected chi connectivity index (χ2v) is 5.97. The van der Waals surface area contributed by atoms with E-state index in [4.69, 9.17) is 4.52 Å². The zero-order chi connectivity index (χ0) is 19.8. The van der Waals surface area contributed by atoms with Crippen LogP contribution in [0.4, 0.5) is 5.69 Å². The first-order valence-electron chi connectivity index (χ1n) is 8.83. The van der Waals surface area contributed by atoms with Crippen LogP contribution in [-0.4, -0.2) is 28.5 Å². The van der Waals surface area contributed by atoms with Crippen molar-refractivity contribution in [2.45, 2.75) is 12.8 Å². The second-order valence-electron chi connectivity index (χ2n) is 5.97. The molecule has 0 atom stereocenters. The van der Waals surface area contributed by atoms with Gasteiger partial charge in [0.15, 0.2) is 0 Å². The number of nitrogens with one attached hydrogen (secondary N) is 2. The number of benzene rings is 2. The van der Waals surface area contributed by atoms with E-state index in [0.29, 0.717) is 35.9 Å². The minimum Gasteiger partial charge on any atom is -0.349 e. The number of aryl methyl sites for hydroxylation is 1. The Hall–Kier alpha value is -3.74. The first kappa shape index (κ1) is 19.0. The highest BCUT2D eigenvalue weighted by molar-refractivity contribution is 6.03. The van der Waals surface area contributed by atoms with Crippen LogP contribution < -0.4 is 10.6 Å². The minimum absolute atomic E-state index is 0.152. The predicted octanol–water partition coefficient (Wildman–Crippen LogP) is 3.22. The molecule has 0 spiro atoms. The number of anilines is 1. The van der Waals surface area contributed by atoms with Crippen molar-refractivity contribution in [2.75, 3.05) is 11.9 Å². The van der Waals surface area contributed by atoms with Gasteiger partial charge in [0.2, 0.25) is 17.6 Å². The Labute approximate surface area is 162 Å². The van der Waals surface area contributed by atoms with Gasteiger partial charge in [-0.25, -0.2) is 0 Å². The molecule has 3 rings (SSSR count). The number of nitrogens with zero attached hydrogens (tertiary/aromatic N) is 2. The average Bonchev–Trinajstić information content (AvgIpc) is 3.21. The lowest BCUT2D eigenvalue weighted by molar-refractivity contribution is -0.116. The third-order valence-electron chi connectivity index (χ3n) is 3.92. The van der Waals surface area contributed by atoms with E-state index >= 15 is 0 Å². The molecule has 1 aromatic heterocycles. The van der Waals surface area contributed by atoms with Crippen LogP contribution in [0, 0.1) is 0 Å². The molecule has 0 saturated carbocycles. The Kier molecular flexibility index (Phi) is 6.30. The summed E-state index contributed by atoms with van der Waals surface area (Å²) >= 11 is 0. The van der Waals surface area contributed by atoms with Crippen molar-refractivity contribution in [3.63, 3.8) is 0 Å². The molecule has 1 heterocycles. The molecule has 142 valence electrons. The molecule has 2 aromatic carbocycles. The second kappa shape index (κ2) is 9.27. The SMILES string of the molecule is C=CCNC(=O)c1ccccc1NC(=O)CCc1nc(-c2ccccc2)no1. The quantitative estimate of drug-likeness (QED) is 0.588. The molecule has 2 N–H and O–H groups in total. The van der Waals surface area contributed by atoms with Crippen molar-refractivity contribution in [1.82, 2.24) is 15.5 Å². The fourth-order valence-electron chi connectivity index (χ4n) is 2.54. The third-order valence-corrected chi connectivity index (χ3v) is 3.92. The Morgan fingerprint density at radius 1 is 1.07 bits per heavy atom. The van der Waals surface area contributed by atoms with Gasteiger partial charge < -0.3 is 15.2 Å².